The number of carbonyl (C=O) groups excluding carboxylic acids is 2. The number of para-hydroxylation sites is 1. The number of carbonyl (C=O) groups is 2. The lowest BCUT2D eigenvalue weighted by Crippen LogP contribution is -2.45. The Morgan fingerprint density at radius 3 is 2.06 bits per heavy atom. The van der Waals surface area contributed by atoms with Gasteiger partial charge in [-0.25, -0.2) is 0 Å². The van der Waals surface area contributed by atoms with E-state index >= 15 is 0 Å². The Balaban J connectivity index is 1.90. The maximum absolute atomic E-state index is 13.3. The van der Waals surface area contributed by atoms with Crippen molar-refractivity contribution in [1.29, 1.82) is 0 Å². The number of ether oxygens (including phenoxy) is 1. The molecule has 160 valence electrons. The average molecular weight is 417 g/mol. The Bertz CT molecular complexity index is 946. The second kappa shape index (κ2) is 11.6. The number of hydrogen-bond acceptors (Lipinski definition) is 3. The molecule has 0 aliphatic heterocycles. The van der Waals surface area contributed by atoms with Gasteiger partial charge in [0.2, 0.25) is 5.91 Å². The van der Waals surface area contributed by atoms with Gasteiger partial charge in [-0.2, -0.15) is 0 Å². The molecule has 2 amide bonds. The first kappa shape index (κ1) is 22.1. The zero-order valence-corrected chi connectivity index (χ0v) is 17.7. The van der Waals surface area contributed by atoms with Crippen LogP contribution in [0.5, 0.6) is 5.75 Å². The molecule has 0 aliphatic rings. The number of rotatable bonds is 10. The van der Waals surface area contributed by atoms with E-state index in [-0.39, 0.29) is 18.4 Å². The molecule has 0 saturated carbocycles. The van der Waals surface area contributed by atoms with E-state index in [0.717, 1.165) is 17.5 Å². The molecule has 31 heavy (non-hydrogen) atoms. The molecule has 0 radical (unpaired) electrons. The van der Waals surface area contributed by atoms with E-state index < -0.39 is 6.04 Å². The minimum Gasteiger partial charge on any atom is -0.484 e. The first-order valence-corrected chi connectivity index (χ1v) is 10.5. The van der Waals surface area contributed by atoms with Gasteiger partial charge in [-0.3, -0.25) is 9.59 Å². The lowest BCUT2D eigenvalue weighted by molar-refractivity contribution is -0.143. The maximum atomic E-state index is 13.3. The maximum Gasteiger partial charge on any atom is 0.261 e. The summed E-state index contributed by atoms with van der Waals surface area (Å²) in [6.07, 6.45) is 0.816. The van der Waals surface area contributed by atoms with E-state index in [0.29, 0.717) is 18.8 Å². The SMILES string of the molecule is CCCNC(=O)C(c1ccccc1)N(Cc1ccccc1)C(=O)COc1ccccc1. The molecule has 1 unspecified atom stereocenters. The largest absolute Gasteiger partial charge is 0.484 e. The van der Waals surface area contributed by atoms with Crippen LogP contribution >= 0.6 is 0 Å². The Labute approximate surface area is 183 Å². The fraction of sp³-hybridized carbons (Fsp3) is 0.231. The minimum absolute atomic E-state index is 0.152. The van der Waals surface area contributed by atoms with Gasteiger partial charge in [-0.05, 0) is 29.7 Å². The van der Waals surface area contributed by atoms with Crippen molar-refractivity contribution in [3.8, 4) is 5.75 Å². The average Bonchev–Trinajstić information content (AvgIpc) is 2.83. The molecular formula is C26H28N2O3. The first-order chi connectivity index (χ1) is 15.2. The van der Waals surface area contributed by atoms with Crippen molar-refractivity contribution in [2.24, 2.45) is 0 Å². The predicted molar refractivity (Wildman–Crippen MR) is 121 cm³/mol. The first-order valence-electron chi connectivity index (χ1n) is 10.5. The highest BCUT2D eigenvalue weighted by Crippen LogP contribution is 2.24. The van der Waals surface area contributed by atoms with E-state index in [1.54, 1.807) is 17.0 Å². The quantitative estimate of drug-likeness (QED) is 0.534. The van der Waals surface area contributed by atoms with E-state index in [2.05, 4.69) is 5.32 Å². The van der Waals surface area contributed by atoms with Crippen molar-refractivity contribution in [2.45, 2.75) is 25.9 Å². The molecule has 0 saturated heterocycles. The molecule has 0 aliphatic carbocycles. The molecule has 5 heteroatoms. The zero-order chi connectivity index (χ0) is 21.9. The summed E-state index contributed by atoms with van der Waals surface area (Å²) in [5.41, 5.74) is 1.71. The van der Waals surface area contributed by atoms with Crippen molar-refractivity contribution in [2.75, 3.05) is 13.2 Å². The summed E-state index contributed by atoms with van der Waals surface area (Å²) in [6.45, 7) is 2.70. The minimum atomic E-state index is -0.750. The molecule has 0 fully saturated rings. The highest BCUT2D eigenvalue weighted by Gasteiger charge is 2.31. The van der Waals surface area contributed by atoms with Gasteiger partial charge in [0.05, 0.1) is 0 Å². The summed E-state index contributed by atoms with van der Waals surface area (Å²) in [7, 11) is 0. The Kier molecular flexibility index (Phi) is 8.23. The van der Waals surface area contributed by atoms with Gasteiger partial charge in [-0.15, -0.1) is 0 Å². The Hall–Kier alpha value is -3.60. The van der Waals surface area contributed by atoms with Crippen LogP contribution in [0.2, 0.25) is 0 Å². The highest BCUT2D eigenvalue weighted by molar-refractivity contribution is 5.89. The Morgan fingerprint density at radius 2 is 1.45 bits per heavy atom. The van der Waals surface area contributed by atoms with Crippen LogP contribution < -0.4 is 10.1 Å². The van der Waals surface area contributed by atoms with Crippen molar-refractivity contribution in [1.82, 2.24) is 10.2 Å². The van der Waals surface area contributed by atoms with E-state index in [1.165, 1.54) is 0 Å². The normalized spacial score (nSPS) is 11.4. The number of hydrogen-bond donors (Lipinski definition) is 1. The molecule has 1 atom stereocenters. The van der Waals surface area contributed by atoms with Crippen LogP contribution in [0.4, 0.5) is 0 Å². The van der Waals surface area contributed by atoms with Gasteiger partial charge in [0, 0.05) is 13.1 Å². The number of amides is 2. The predicted octanol–water partition coefficient (Wildman–Crippen LogP) is 4.36. The standard InChI is InChI=1S/C26H28N2O3/c1-2-18-27-26(30)25(22-14-8-4-9-15-22)28(19-21-12-6-3-7-13-21)24(29)20-31-23-16-10-5-11-17-23/h3-17,25H,2,18-20H2,1H3,(H,27,30). The molecule has 0 bridgehead atoms. The third-order valence-corrected chi connectivity index (χ3v) is 4.85. The monoisotopic (exact) mass is 416 g/mol. The lowest BCUT2D eigenvalue weighted by Gasteiger charge is -2.31. The molecular weight excluding hydrogens is 388 g/mol. The number of nitrogens with zero attached hydrogens (tertiary/aromatic N) is 1. The van der Waals surface area contributed by atoms with Crippen molar-refractivity contribution < 1.29 is 14.3 Å². The molecule has 0 aromatic heterocycles. The Morgan fingerprint density at radius 1 is 0.871 bits per heavy atom. The van der Waals surface area contributed by atoms with Gasteiger partial charge in [0.1, 0.15) is 11.8 Å². The second-order valence-electron chi connectivity index (χ2n) is 7.21. The fourth-order valence-corrected chi connectivity index (χ4v) is 3.30. The van der Waals surface area contributed by atoms with E-state index in [4.69, 9.17) is 4.74 Å². The fourth-order valence-electron chi connectivity index (χ4n) is 3.30. The van der Waals surface area contributed by atoms with Crippen LogP contribution in [0.25, 0.3) is 0 Å². The molecule has 3 aromatic rings. The third kappa shape index (κ3) is 6.44. The van der Waals surface area contributed by atoms with Crippen LogP contribution in [0.1, 0.15) is 30.5 Å². The lowest BCUT2D eigenvalue weighted by atomic mass is 10.0. The number of benzene rings is 3. The summed E-state index contributed by atoms with van der Waals surface area (Å²) in [4.78, 5) is 28.1. The molecule has 3 aromatic carbocycles. The zero-order valence-electron chi connectivity index (χ0n) is 17.7. The van der Waals surface area contributed by atoms with Crippen molar-refractivity contribution in [3.63, 3.8) is 0 Å². The summed E-state index contributed by atoms with van der Waals surface area (Å²) in [5, 5.41) is 2.95. The smallest absolute Gasteiger partial charge is 0.261 e. The molecule has 5 nitrogen and oxygen atoms in total. The van der Waals surface area contributed by atoms with Gasteiger partial charge >= 0.3 is 0 Å². The number of nitrogens with one attached hydrogen (secondary N) is 1. The van der Waals surface area contributed by atoms with Gasteiger partial charge in [0.25, 0.3) is 5.91 Å². The van der Waals surface area contributed by atoms with Crippen molar-refractivity contribution >= 4 is 11.8 Å². The molecule has 0 heterocycles. The van der Waals surface area contributed by atoms with Crippen LogP contribution in [0.3, 0.4) is 0 Å². The third-order valence-electron chi connectivity index (χ3n) is 4.85. The van der Waals surface area contributed by atoms with Gasteiger partial charge in [-0.1, -0.05) is 85.8 Å². The van der Waals surface area contributed by atoms with Crippen molar-refractivity contribution in [3.05, 3.63) is 102 Å². The van der Waals surface area contributed by atoms with Crippen LogP contribution in [-0.2, 0) is 16.1 Å². The van der Waals surface area contributed by atoms with Gasteiger partial charge in [0.15, 0.2) is 6.61 Å². The van der Waals surface area contributed by atoms with Crippen LogP contribution in [0, 0.1) is 0 Å². The van der Waals surface area contributed by atoms with Crippen LogP contribution in [0.15, 0.2) is 91.0 Å². The van der Waals surface area contributed by atoms with E-state index in [9.17, 15) is 9.59 Å². The summed E-state index contributed by atoms with van der Waals surface area (Å²) in [5.74, 6) is 0.160. The molecule has 3 rings (SSSR count). The van der Waals surface area contributed by atoms with Crippen LogP contribution in [-0.4, -0.2) is 29.9 Å². The molecule has 1 N–H and O–H groups in total. The topological polar surface area (TPSA) is 58.6 Å². The summed E-state index contributed by atoms with van der Waals surface area (Å²) < 4.78 is 5.71. The van der Waals surface area contributed by atoms with Gasteiger partial charge < -0.3 is 15.0 Å². The summed E-state index contributed by atoms with van der Waals surface area (Å²) >= 11 is 0. The highest BCUT2D eigenvalue weighted by atomic mass is 16.5. The summed E-state index contributed by atoms with van der Waals surface area (Å²) in [6, 6.07) is 27.5. The second-order valence-corrected chi connectivity index (χ2v) is 7.21. The van der Waals surface area contributed by atoms with E-state index in [1.807, 2.05) is 85.8 Å². The molecule has 0 spiro atoms.